The van der Waals surface area contributed by atoms with Crippen LogP contribution in [0.3, 0.4) is 0 Å². The number of aromatic nitrogens is 3. The van der Waals surface area contributed by atoms with E-state index in [-0.39, 0.29) is 47.6 Å². The van der Waals surface area contributed by atoms with Crippen molar-refractivity contribution in [2.75, 3.05) is 5.32 Å². The molecule has 1 unspecified atom stereocenters. The predicted octanol–water partition coefficient (Wildman–Crippen LogP) is 2.35. The van der Waals surface area contributed by atoms with E-state index in [1.54, 1.807) is 45.9 Å². The lowest BCUT2D eigenvalue weighted by Gasteiger charge is -2.24. The summed E-state index contributed by atoms with van der Waals surface area (Å²) in [5.74, 6) is -1.12. The molecule has 198 valence electrons. The number of hydrogen-bond donors (Lipinski definition) is 3. The van der Waals surface area contributed by atoms with Crippen LogP contribution >= 0.6 is 0 Å². The van der Waals surface area contributed by atoms with E-state index in [0.29, 0.717) is 11.4 Å². The third kappa shape index (κ3) is 5.85. The maximum atomic E-state index is 13.3. The molecule has 1 fully saturated rings. The zero-order valence-corrected chi connectivity index (χ0v) is 21.5. The number of anilines is 1. The summed E-state index contributed by atoms with van der Waals surface area (Å²) in [6, 6.07) is 7.00. The minimum absolute atomic E-state index is 0.0605. The van der Waals surface area contributed by atoms with Crippen LogP contribution in [-0.4, -0.2) is 44.0 Å². The van der Waals surface area contributed by atoms with Crippen molar-refractivity contribution < 1.29 is 23.9 Å². The van der Waals surface area contributed by atoms with E-state index in [1.165, 1.54) is 22.9 Å². The number of carbonyl (C=O) groups excluding carboxylic acids is 4. The molecule has 1 aliphatic rings. The maximum Gasteiger partial charge on any atom is 0.407 e. The lowest BCUT2D eigenvalue weighted by Crippen LogP contribution is -2.45. The van der Waals surface area contributed by atoms with Gasteiger partial charge in [0.05, 0.1) is 23.3 Å². The number of carbonyl (C=O) groups is 4. The second kappa shape index (κ2) is 10.4. The molecular formula is C26H28N6O6. The van der Waals surface area contributed by atoms with Gasteiger partial charge in [0.1, 0.15) is 23.0 Å². The van der Waals surface area contributed by atoms with Gasteiger partial charge in [-0.2, -0.15) is 0 Å². The number of alkyl carbamates (subject to hydrolysis) is 1. The highest BCUT2D eigenvalue weighted by Crippen LogP contribution is 2.24. The number of benzene rings is 1. The highest BCUT2D eigenvalue weighted by Gasteiger charge is 2.30. The molecule has 12 heteroatoms. The van der Waals surface area contributed by atoms with E-state index in [1.807, 2.05) is 0 Å². The van der Waals surface area contributed by atoms with Crippen molar-refractivity contribution in [2.45, 2.75) is 58.7 Å². The molecule has 0 bridgehead atoms. The lowest BCUT2D eigenvalue weighted by atomic mass is 10.1. The van der Waals surface area contributed by atoms with Crippen LogP contribution in [0.5, 0.6) is 0 Å². The highest BCUT2D eigenvalue weighted by atomic mass is 16.6. The minimum atomic E-state index is -0.847. The van der Waals surface area contributed by atoms with Crippen molar-refractivity contribution in [3.8, 4) is 0 Å². The van der Waals surface area contributed by atoms with Crippen molar-refractivity contribution in [1.29, 1.82) is 0 Å². The first-order valence-corrected chi connectivity index (χ1v) is 12.0. The average Bonchev–Trinajstić information content (AvgIpc) is 2.83. The molecule has 12 nitrogen and oxygen atoms in total. The number of ether oxygens (including phenoxy) is 1. The molecule has 0 spiro atoms. The van der Waals surface area contributed by atoms with Crippen molar-refractivity contribution >= 4 is 40.4 Å². The van der Waals surface area contributed by atoms with Crippen LogP contribution in [-0.2, 0) is 20.9 Å². The number of aryl methyl sites for hydroxylation is 1. The molecule has 4 rings (SSSR count). The molecule has 3 heterocycles. The number of rotatable bonds is 5. The molecule has 0 radical (unpaired) electrons. The van der Waals surface area contributed by atoms with Crippen LogP contribution in [0.1, 0.15) is 61.5 Å². The number of nitrogens with zero attached hydrogens (tertiary/aromatic N) is 3. The molecule has 1 aromatic carbocycles. The molecule has 2 aromatic heterocycles. The van der Waals surface area contributed by atoms with Gasteiger partial charge in [0.15, 0.2) is 0 Å². The van der Waals surface area contributed by atoms with E-state index >= 15 is 0 Å². The third-order valence-electron chi connectivity index (χ3n) is 5.77. The Morgan fingerprint density at radius 2 is 1.95 bits per heavy atom. The maximum absolute atomic E-state index is 13.3. The van der Waals surface area contributed by atoms with Gasteiger partial charge in [-0.05, 0) is 58.4 Å². The standard InChI is InChI=1S/C26H28N6O6/c1-14-29-21-17(24(36)32(14)19-8-9-20(33)31-23(19)35)6-5-7-18(21)30-22(34)15-10-11-27-16(12-15)13-28-25(37)38-26(2,3)4/h5-7,10-12,19H,8-9,13H2,1-4H3,(H,28,37)(H,30,34)(H,31,33,35). The smallest absolute Gasteiger partial charge is 0.407 e. The molecule has 1 atom stereocenters. The zero-order chi connectivity index (χ0) is 27.6. The Hall–Kier alpha value is -4.61. The van der Waals surface area contributed by atoms with Gasteiger partial charge in [-0.3, -0.25) is 34.0 Å². The van der Waals surface area contributed by atoms with Crippen LogP contribution in [0.4, 0.5) is 10.5 Å². The Bertz CT molecular complexity index is 1510. The largest absolute Gasteiger partial charge is 0.444 e. The first-order valence-electron chi connectivity index (χ1n) is 12.0. The Morgan fingerprint density at radius 3 is 2.66 bits per heavy atom. The van der Waals surface area contributed by atoms with Crippen LogP contribution in [0.25, 0.3) is 10.9 Å². The number of para-hydroxylation sites is 1. The van der Waals surface area contributed by atoms with Gasteiger partial charge in [0.25, 0.3) is 11.5 Å². The van der Waals surface area contributed by atoms with Gasteiger partial charge in [0.2, 0.25) is 11.8 Å². The van der Waals surface area contributed by atoms with E-state index in [2.05, 4.69) is 25.9 Å². The Balaban J connectivity index is 1.56. The number of fused-ring (bicyclic) bond motifs is 1. The fourth-order valence-corrected chi connectivity index (χ4v) is 4.11. The van der Waals surface area contributed by atoms with Gasteiger partial charge >= 0.3 is 6.09 Å². The molecule has 0 aliphatic carbocycles. The Kier molecular flexibility index (Phi) is 7.24. The van der Waals surface area contributed by atoms with Gasteiger partial charge in [0, 0.05) is 18.2 Å². The van der Waals surface area contributed by atoms with Gasteiger partial charge in [-0.15, -0.1) is 0 Å². The number of amides is 4. The zero-order valence-electron chi connectivity index (χ0n) is 21.5. The Labute approximate surface area is 217 Å². The second-order valence-electron chi connectivity index (χ2n) is 9.85. The number of pyridine rings is 1. The summed E-state index contributed by atoms with van der Waals surface area (Å²) in [4.78, 5) is 70.9. The summed E-state index contributed by atoms with van der Waals surface area (Å²) in [7, 11) is 0. The van der Waals surface area contributed by atoms with Crippen LogP contribution in [0, 0.1) is 6.92 Å². The van der Waals surface area contributed by atoms with Gasteiger partial charge in [-0.1, -0.05) is 6.07 Å². The fraction of sp³-hybridized carbons (Fsp3) is 0.346. The minimum Gasteiger partial charge on any atom is -0.444 e. The quantitative estimate of drug-likeness (QED) is 0.432. The SMILES string of the molecule is Cc1nc2c(NC(=O)c3ccnc(CNC(=O)OC(C)(C)C)c3)cccc2c(=O)n1C1CCC(=O)NC1=O. The summed E-state index contributed by atoms with van der Waals surface area (Å²) >= 11 is 0. The van der Waals surface area contributed by atoms with Crippen molar-refractivity contribution in [1.82, 2.24) is 25.2 Å². The fourth-order valence-electron chi connectivity index (χ4n) is 4.11. The van der Waals surface area contributed by atoms with Gasteiger partial charge in [-0.25, -0.2) is 9.78 Å². The molecule has 3 aromatic rings. The summed E-state index contributed by atoms with van der Waals surface area (Å²) in [5, 5.41) is 7.85. The first kappa shape index (κ1) is 26.5. The number of hydrogen-bond acceptors (Lipinski definition) is 8. The molecule has 4 amide bonds. The van der Waals surface area contributed by atoms with Crippen molar-refractivity contribution in [3.05, 3.63) is 64.0 Å². The predicted molar refractivity (Wildman–Crippen MR) is 137 cm³/mol. The molecule has 1 aliphatic heterocycles. The van der Waals surface area contributed by atoms with Crippen LogP contribution in [0.2, 0.25) is 0 Å². The summed E-state index contributed by atoms with van der Waals surface area (Å²) in [6.07, 6.45) is 1.17. The number of nitrogens with one attached hydrogen (secondary N) is 3. The molecule has 1 saturated heterocycles. The number of imide groups is 1. The Morgan fingerprint density at radius 1 is 1.18 bits per heavy atom. The van der Waals surface area contributed by atoms with Gasteiger partial charge < -0.3 is 15.4 Å². The molecule has 0 saturated carbocycles. The average molecular weight is 521 g/mol. The number of piperidine rings is 1. The first-order chi connectivity index (χ1) is 17.9. The van der Waals surface area contributed by atoms with Crippen LogP contribution in [0.15, 0.2) is 41.3 Å². The highest BCUT2D eigenvalue weighted by molar-refractivity contribution is 6.08. The van der Waals surface area contributed by atoms with E-state index in [0.717, 1.165) is 0 Å². The second-order valence-corrected chi connectivity index (χ2v) is 9.85. The third-order valence-corrected chi connectivity index (χ3v) is 5.77. The monoisotopic (exact) mass is 520 g/mol. The molecular weight excluding hydrogens is 492 g/mol. The summed E-state index contributed by atoms with van der Waals surface area (Å²) in [6.45, 7) is 6.91. The molecule has 3 N–H and O–H groups in total. The normalized spacial score (nSPS) is 15.6. The topological polar surface area (TPSA) is 161 Å². The summed E-state index contributed by atoms with van der Waals surface area (Å²) in [5.41, 5.74) is 0.225. The van der Waals surface area contributed by atoms with Crippen LogP contribution < -0.4 is 21.5 Å². The van der Waals surface area contributed by atoms with E-state index in [4.69, 9.17) is 4.74 Å². The summed E-state index contributed by atoms with van der Waals surface area (Å²) < 4.78 is 6.49. The van der Waals surface area contributed by atoms with E-state index in [9.17, 15) is 24.0 Å². The van der Waals surface area contributed by atoms with Crippen molar-refractivity contribution in [3.63, 3.8) is 0 Å². The van der Waals surface area contributed by atoms with Crippen molar-refractivity contribution in [2.24, 2.45) is 0 Å². The lowest BCUT2D eigenvalue weighted by molar-refractivity contribution is -0.135. The molecule has 38 heavy (non-hydrogen) atoms. The van der Waals surface area contributed by atoms with E-state index < -0.39 is 35.1 Å².